The van der Waals surface area contributed by atoms with Gasteiger partial charge in [-0.3, -0.25) is 4.79 Å². The Morgan fingerprint density at radius 1 is 1.45 bits per heavy atom. The van der Waals surface area contributed by atoms with Crippen LogP contribution in [0.15, 0.2) is 29.8 Å². The molecule has 0 aliphatic heterocycles. The predicted molar refractivity (Wildman–Crippen MR) is 69.7 cm³/mol. The molecular formula is C12H8ClF3N2OS. The van der Waals surface area contributed by atoms with E-state index in [-0.39, 0.29) is 17.3 Å². The van der Waals surface area contributed by atoms with E-state index in [9.17, 15) is 18.0 Å². The minimum absolute atomic E-state index is 0.225. The van der Waals surface area contributed by atoms with Gasteiger partial charge >= 0.3 is 6.18 Å². The molecular weight excluding hydrogens is 313 g/mol. The third-order valence-electron chi connectivity index (χ3n) is 2.41. The molecule has 8 heteroatoms. The van der Waals surface area contributed by atoms with Crippen LogP contribution in [-0.2, 0) is 12.7 Å². The first-order valence-electron chi connectivity index (χ1n) is 5.41. The lowest BCUT2D eigenvalue weighted by molar-refractivity contribution is -0.137. The molecule has 0 spiro atoms. The summed E-state index contributed by atoms with van der Waals surface area (Å²) in [5.41, 5.74) is -1.30. The standard InChI is InChI=1S/C12H8ClF3N2OS/c13-10-9(4-7(5-17-10)12(14,15)16)11(19)18-6-8-2-1-3-20-8/h1-5H,6H2,(H,18,19). The Balaban J connectivity index is 2.16. The Morgan fingerprint density at radius 3 is 2.80 bits per heavy atom. The molecule has 2 aromatic heterocycles. The molecule has 1 amide bonds. The second kappa shape index (κ2) is 5.80. The summed E-state index contributed by atoms with van der Waals surface area (Å²) in [6, 6.07) is 4.31. The van der Waals surface area contributed by atoms with Crippen LogP contribution in [0.1, 0.15) is 20.8 Å². The summed E-state index contributed by atoms with van der Waals surface area (Å²) in [6.45, 7) is 0.225. The fraction of sp³-hybridized carbons (Fsp3) is 0.167. The number of nitrogens with one attached hydrogen (secondary N) is 1. The number of aromatic nitrogens is 1. The average Bonchev–Trinajstić information content (AvgIpc) is 2.88. The van der Waals surface area contributed by atoms with Crippen molar-refractivity contribution in [1.82, 2.24) is 10.3 Å². The summed E-state index contributed by atoms with van der Waals surface area (Å²) in [4.78, 5) is 16.1. The molecule has 3 nitrogen and oxygen atoms in total. The number of hydrogen-bond donors (Lipinski definition) is 1. The van der Waals surface area contributed by atoms with E-state index >= 15 is 0 Å². The first-order chi connectivity index (χ1) is 9.38. The van der Waals surface area contributed by atoms with Gasteiger partial charge in [-0.05, 0) is 17.5 Å². The number of thiophene rings is 1. The lowest BCUT2D eigenvalue weighted by Gasteiger charge is -2.09. The maximum atomic E-state index is 12.6. The number of nitrogens with zero attached hydrogens (tertiary/aromatic N) is 1. The van der Waals surface area contributed by atoms with Gasteiger partial charge in [-0.25, -0.2) is 4.98 Å². The number of halogens is 4. The molecule has 20 heavy (non-hydrogen) atoms. The van der Waals surface area contributed by atoms with Gasteiger partial charge in [0.2, 0.25) is 0 Å². The highest BCUT2D eigenvalue weighted by Gasteiger charge is 2.32. The third-order valence-corrected chi connectivity index (χ3v) is 3.59. The first-order valence-corrected chi connectivity index (χ1v) is 6.67. The highest BCUT2D eigenvalue weighted by molar-refractivity contribution is 7.09. The van der Waals surface area contributed by atoms with Crippen LogP contribution in [-0.4, -0.2) is 10.9 Å². The lowest BCUT2D eigenvalue weighted by atomic mass is 10.2. The summed E-state index contributed by atoms with van der Waals surface area (Å²) in [7, 11) is 0. The summed E-state index contributed by atoms with van der Waals surface area (Å²) < 4.78 is 37.7. The van der Waals surface area contributed by atoms with Crippen LogP contribution in [0.25, 0.3) is 0 Å². The molecule has 0 aliphatic rings. The van der Waals surface area contributed by atoms with Crippen molar-refractivity contribution in [2.24, 2.45) is 0 Å². The SMILES string of the molecule is O=C(NCc1cccs1)c1cc(C(F)(F)F)cnc1Cl. The fourth-order valence-corrected chi connectivity index (χ4v) is 2.27. The van der Waals surface area contributed by atoms with Gasteiger partial charge < -0.3 is 5.32 Å². The quantitative estimate of drug-likeness (QED) is 0.875. The monoisotopic (exact) mass is 320 g/mol. The molecule has 0 unspecified atom stereocenters. The van der Waals surface area contributed by atoms with E-state index < -0.39 is 17.6 Å². The van der Waals surface area contributed by atoms with Crippen LogP contribution < -0.4 is 5.32 Å². The fourth-order valence-electron chi connectivity index (χ4n) is 1.44. The number of hydrogen-bond acceptors (Lipinski definition) is 3. The van der Waals surface area contributed by atoms with E-state index in [2.05, 4.69) is 10.3 Å². The third kappa shape index (κ3) is 3.49. The smallest absolute Gasteiger partial charge is 0.347 e. The average molecular weight is 321 g/mol. The first kappa shape index (κ1) is 14.8. The lowest BCUT2D eigenvalue weighted by Crippen LogP contribution is -2.23. The van der Waals surface area contributed by atoms with Gasteiger partial charge in [0, 0.05) is 11.1 Å². The Bertz CT molecular complexity index is 614. The Morgan fingerprint density at radius 2 is 2.20 bits per heavy atom. The highest BCUT2D eigenvalue weighted by atomic mass is 35.5. The van der Waals surface area contributed by atoms with E-state index in [1.165, 1.54) is 11.3 Å². The number of rotatable bonds is 3. The van der Waals surface area contributed by atoms with Crippen molar-refractivity contribution in [3.8, 4) is 0 Å². The van der Waals surface area contributed by atoms with Crippen LogP contribution in [0.4, 0.5) is 13.2 Å². The van der Waals surface area contributed by atoms with Crippen LogP contribution >= 0.6 is 22.9 Å². The van der Waals surface area contributed by atoms with Crippen molar-refractivity contribution >= 4 is 28.8 Å². The van der Waals surface area contributed by atoms with Gasteiger partial charge in [0.15, 0.2) is 0 Å². The molecule has 0 atom stereocenters. The van der Waals surface area contributed by atoms with Crippen molar-refractivity contribution < 1.29 is 18.0 Å². The van der Waals surface area contributed by atoms with Crippen molar-refractivity contribution in [1.29, 1.82) is 0 Å². The van der Waals surface area contributed by atoms with Crippen molar-refractivity contribution in [3.05, 3.63) is 50.9 Å². The minimum atomic E-state index is -4.57. The second-order valence-electron chi connectivity index (χ2n) is 3.82. The highest BCUT2D eigenvalue weighted by Crippen LogP contribution is 2.30. The summed E-state index contributed by atoms with van der Waals surface area (Å²) in [6.07, 6.45) is -3.97. The van der Waals surface area contributed by atoms with Crippen molar-refractivity contribution in [2.45, 2.75) is 12.7 Å². The molecule has 0 aromatic carbocycles. The molecule has 106 valence electrons. The summed E-state index contributed by atoms with van der Waals surface area (Å²) in [5, 5.41) is 4.07. The number of carbonyl (C=O) groups excluding carboxylic acids is 1. The van der Waals surface area contributed by atoms with Crippen LogP contribution in [0.2, 0.25) is 5.15 Å². The van der Waals surface area contributed by atoms with Gasteiger partial charge in [0.1, 0.15) is 5.15 Å². The Hall–Kier alpha value is -1.60. The minimum Gasteiger partial charge on any atom is -0.347 e. The largest absolute Gasteiger partial charge is 0.417 e. The summed E-state index contributed by atoms with van der Waals surface area (Å²) >= 11 is 7.09. The zero-order valence-corrected chi connectivity index (χ0v) is 11.4. The Kier molecular flexibility index (Phi) is 4.29. The van der Waals surface area contributed by atoms with E-state index in [0.717, 1.165) is 4.88 Å². The van der Waals surface area contributed by atoms with Gasteiger partial charge in [-0.1, -0.05) is 17.7 Å². The predicted octanol–water partition coefficient (Wildman–Crippen LogP) is 3.75. The van der Waals surface area contributed by atoms with E-state index in [0.29, 0.717) is 12.3 Å². The number of pyridine rings is 1. The Labute approximate surface area is 121 Å². The summed E-state index contributed by atoms with van der Waals surface area (Å²) in [5.74, 6) is -0.693. The molecule has 1 N–H and O–H groups in total. The van der Waals surface area contributed by atoms with Gasteiger partial charge in [0.05, 0.1) is 17.7 Å². The van der Waals surface area contributed by atoms with Gasteiger partial charge in [0.25, 0.3) is 5.91 Å². The molecule has 0 fully saturated rings. The number of alkyl halides is 3. The maximum absolute atomic E-state index is 12.6. The van der Waals surface area contributed by atoms with E-state index in [1.54, 1.807) is 6.07 Å². The van der Waals surface area contributed by atoms with Crippen LogP contribution in [0.3, 0.4) is 0 Å². The van der Waals surface area contributed by atoms with Crippen LogP contribution in [0.5, 0.6) is 0 Å². The van der Waals surface area contributed by atoms with E-state index in [1.807, 2.05) is 11.4 Å². The maximum Gasteiger partial charge on any atom is 0.417 e. The molecule has 2 heterocycles. The van der Waals surface area contributed by atoms with Gasteiger partial charge in [-0.2, -0.15) is 13.2 Å². The van der Waals surface area contributed by atoms with Crippen molar-refractivity contribution in [2.75, 3.05) is 0 Å². The topological polar surface area (TPSA) is 42.0 Å². The normalized spacial score (nSPS) is 11.4. The van der Waals surface area contributed by atoms with Gasteiger partial charge in [-0.15, -0.1) is 11.3 Å². The second-order valence-corrected chi connectivity index (χ2v) is 5.21. The molecule has 0 aliphatic carbocycles. The molecule has 0 bridgehead atoms. The number of amides is 1. The van der Waals surface area contributed by atoms with E-state index in [4.69, 9.17) is 11.6 Å². The van der Waals surface area contributed by atoms with Crippen molar-refractivity contribution in [3.63, 3.8) is 0 Å². The zero-order chi connectivity index (χ0) is 14.8. The van der Waals surface area contributed by atoms with Crippen LogP contribution in [0, 0.1) is 0 Å². The molecule has 0 saturated carbocycles. The number of carbonyl (C=O) groups is 1. The molecule has 2 aromatic rings. The molecule has 2 rings (SSSR count). The molecule has 0 radical (unpaired) electrons. The molecule has 0 saturated heterocycles. The zero-order valence-electron chi connectivity index (χ0n) is 9.87.